The normalized spacial score (nSPS) is 14.6. The lowest BCUT2D eigenvalue weighted by atomic mass is 10.2. The number of ether oxygens (including phenoxy) is 2. The number of hydrogen-bond acceptors (Lipinski definition) is 6. The van der Waals surface area contributed by atoms with E-state index in [9.17, 15) is 19.2 Å². The van der Waals surface area contributed by atoms with E-state index in [1.54, 1.807) is 12.1 Å². The Morgan fingerprint density at radius 2 is 2.11 bits per heavy atom. The molecule has 1 fully saturated rings. The maximum atomic E-state index is 12.1. The van der Waals surface area contributed by atoms with Crippen LogP contribution in [-0.4, -0.2) is 55.0 Å². The summed E-state index contributed by atoms with van der Waals surface area (Å²) in [5.74, 6) is -0.977. The zero-order valence-electron chi connectivity index (χ0n) is 14.9. The monoisotopic (exact) mass is 397 g/mol. The van der Waals surface area contributed by atoms with Gasteiger partial charge in [-0.25, -0.2) is 4.79 Å². The number of carbonyl (C=O) groups is 4. The van der Waals surface area contributed by atoms with Crippen molar-refractivity contribution >= 4 is 41.1 Å². The van der Waals surface area contributed by atoms with Crippen LogP contribution >= 0.6 is 11.6 Å². The molecule has 0 saturated carbocycles. The maximum absolute atomic E-state index is 12.1. The fourth-order valence-corrected chi connectivity index (χ4v) is 2.62. The van der Waals surface area contributed by atoms with Crippen molar-refractivity contribution in [2.24, 2.45) is 0 Å². The molecule has 2 N–H and O–H groups in total. The fourth-order valence-electron chi connectivity index (χ4n) is 2.36. The van der Waals surface area contributed by atoms with Crippen LogP contribution in [0.4, 0.5) is 10.5 Å². The quantitative estimate of drug-likeness (QED) is 0.508. The Morgan fingerprint density at radius 1 is 1.37 bits per heavy atom. The number of nitrogens with zero attached hydrogens (tertiary/aromatic N) is 1. The van der Waals surface area contributed by atoms with Crippen LogP contribution in [0.2, 0.25) is 5.02 Å². The molecule has 1 heterocycles. The molecule has 0 radical (unpaired) electrons. The molecule has 2 rings (SSSR count). The number of imide groups is 1. The molecular formula is C17H20ClN3O6. The number of nitrogens with one attached hydrogen (secondary N) is 2. The van der Waals surface area contributed by atoms with Crippen molar-refractivity contribution in [1.82, 2.24) is 10.2 Å². The third kappa shape index (κ3) is 5.58. The van der Waals surface area contributed by atoms with Crippen LogP contribution in [0.25, 0.3) is 0 Å². The van der Waals surface area contributed by atoms with Crippen molar-refractivity contribution < 1.29 is 28.7 Å². The molecule has 0 aliphatic carbocycles. The van der Waals surface area contributed by atoms with Crippen molar-refractivity contribution in [1.29, 1.82) is 0 Å². The Bertz CT molecular complexity index is 738. The Labute approximate surface area is 160 Å². The van der Waals surface area contributed by atoms with E-state index in [1.807, 2.05) is 0 Å². The van der Waals surface area contributed by atoms with E-state index < -0.39 is 24.0 Å². The number of hydrogen-bond donors (Lipinski definition) is 2. The molecule has 0 unspecified atom stereocenters. The Kier molecular flexibility index (Phi) is 7.00. The summed E-state index contributed by atoms with van der Waals surface area (Å²) in [5, 5.41) is 5.31. The summed E-state index contributed by atoms with van der Waals surface area (Å²) in [5.41, 5.74) is 0.437. The highest BCUT2D eigenvalue weighted by molar-refractivity contribution is 6.32. The van der Waals surface area contributed by atoms with Gasteiger partial charge in [0.15, 0.2) is 6.10 Å². The number of anilines is 1. The third-order valence-electron chi connectivity index (χ3n) is 3.80. The van der Waals surface area contributed by atoms with Gasteiger partial charge in [-0.2, -0.15) is 0 Å². The Hall–Kier alpha value is -2.81. The molecular weight excluding hydrogens is 378 g/mol. The molecule has 1 atom stereocenters. The van der Waals surface area contributed by atoms with E-state index in [2.05, 4.69) is 10.6 Å². The van der Waals surface area contributed by atoms with E-state index in [-0.39, 0.29) is 31.8 Å². The molecule has 27 heavy (non-hydrogen) atoms. The van der Waals surface area contributed by atoms with Gasteiger partial charge in [0.2, 0.25) is 5.91 Å². The van der Waals surface area contributed by atoms with Crippen LogP contribution in [0.15, 0.2) is 18.2 Å². The number of carbonyl (C=O) groups excluding carboxylic acids is 4. The molecule has 4 amide bonds. The molecule has 1 saturated heterocycles. The fraction of sp³-hybridized carbons (Fsp3) is 0.412. The number of benzene rings is 1. The number of halogens is 1. The molecule has 0 aromatic heterocycles. The van der Waals surface area contributed by atoms with Crippen molar-refractivity contribution in [3.8, 4) is 5.75 Å². The molecule has 1 aromatic carbocycles. The lowest BCUT2D eigenvalue weighted by Gasteiger charge is -2.15. The van der Waals surface area contributed by atoms with Crippen LogP contribution in [0.5, 0.6) is 5.75 Å². The molecule has 9 nitrogen and oxygen atoms in total. The topological polar surface area (TPSA) is 114 Å². The van der Waals surface area contributed by atoms with Gasteiger partial charge in [0.25, 0.3) is 5.91 Å². The van der Waals surface area contributed by atoms with E-state index >= 15 is 0 Å². The van der Waals surface area contributed by atoms with Crippen molar-refractivity contribution in [3.63, 3.8) is 0 Å². The second-order valence-corrected chi connectivity index (χ2v) is 6.19. The molecule has 1 aromatic rings. The number of esters is 1. The molecule has 0 bridgehead atoms. The van der Waals surface area contributed by atoms with Crippen molar-refractivity contribution in [2.45, 2.75) is 25.9 Å². The van der Waals surface area contributed by atoms with Gasteiger partial charge >= 0.3 is 12.0 Å². The summed E-state index contributed by atoms with van der Waals surface area (Å²) in [6.07, 6.45) is -0.793. The largest absolute Gasteiger partial charge is 0.495 e. The minimum atomic E-state index is -1.02. The van der Waals surface area contributed by atoms with Crippen LogP contribution in [-0.2, 0) is 19.1 Å². The van der Waals surface area contributed by atoms with Gasteiger partial charge in [-0.15, -0.1) is 0 Å². The molecule has 0 spiro atoms. The first-order valence-electron chi connectivity index (χ1n) is 8.24. The number of rotatable bonds is 8. The van der Waals surface area contributed by atoms with Gasteiger partial charge in [-0.3, -0.25) is 19.3 Å². The molecule has 1 aliphatic heterocycles. The second kappa shape index (κ2) is 9.22. The van der Waals surface area contributed by atoms with E-state index in [0.717, 1.165) is 4.90 Å². The van der Waals surface area contributed by atoms with Crippen LogP contribution in [0.3, 0.4) is 0 Å². The zero-order chi connectivity index (χ0) is 20.0. The van der Waals surface area contributed by atoms with Gasteiger partial charge in [-0.1, -0.05) is 11.6 Å². The first kappa shape index (κ1) is 20.5. The van der Waals surface area contributed by atoms with Crippen LogP contribution in [0, 0.1) is 0 Å². The van der Waals surface area contributed by atoms with Crippen LogP contribution in [0.1, 0.15) is 19.8 Å². The second-order valence-electron chi connectivity index (χ2n) is 5.78. The highest BCUT2D eigenvalue weighted by atomic mass is 35.5. The highest BCUT2D eigenvalue weighted by Crippen LogP contribution is 2.27. The Balaban J connectivity index is 1.76. The van der Waals surface area contributed by atoms with Crippen molar-refractivity contribution in [3.05, 3.63) is 23.2 Å². The highest BCUT2D eigenvalue weighted by Gasteiger charge is 2.28. The van der Waals surface area contributed by atoms with Gasteiger partial charge in [0.1, 0.15) is 5.75 Å². The standard InChI is InChI=1S/C17H20ClN3O6/c1-10(16(24)20-11-5-6-13(26-2)12(18)8-11)27-15(23)4-3-7-21-14(22)9-19-17(21)25/h5-6,8,10H,3-4,7,9H2,1-2H3,(H,19,25)(H,20,24)/t10-/m0/s1. The summed E-state index contributed by atoms with van der Waals surface area (Å²) in [4.78, 5) is 47.8. The summed E-state index contributed by atoms with van der Waals surface area (Å²) in [6, 6.07) is 4.25. The molecule has 10 heteroatoms. The predicted molar refractivity (Wildman–Crippen MR) is 96.5 cm³/mol. The first-order valence-corrected chi connectivity index (χ1v) is 8.61. The molecule has 1 aliphatic rings. The van der Waals surface area contributed by atoms with Crippen LogP contribution < -0.4 is 15.4 Å². The first-order chi connectivity index (χ1) is 12.8. The van der Waals surface area contributed by atoms with E-state index in [4.69, 9.17) is 21.1 Å². The summed E-state index contributed by atoms with van der Waals surface area (Å²) >= 11 is 5.99. The summed E-state index contributed by atoms with van der Waals surface area (Å²) in [6.45, 7) is 1.52. The maximum Gasteiger partial charge on any atom is 0.324 e. The van der Waals surface area contributed by atoms with Gasteiger partial charge < -0.3 is 20.1 Å². The lowest BCUT2D eigenvalue weighted by Crippen LogP contribution is -2.33. The zero-order valence-corrected chi connectivity index (χ0v) is 15.7. The molecule has 146 valence electrons. The smallest absolute Gasteiger partial charge is 0.324 e. The van der Waals surface area contributed by atoms with Gasteiger partial charge in [-0.05, 0) is 31.5 Å². The number of methoxy groups -OCH3 is 1. The van der Waals surface area contributed by atoms with Gasteiger partial charge in [0.05, 0.1) is 18.7 Å². The minimum Gasteiger partial charge on any atom is -0.495 e. The predicted octanol–water partition coefficient (Wildman–Crippen LogP) is 1.55. The Morgan fingerprint density at radius 3 is 2.70 bits per heavy atom. The van der Waals surface area contributed by atoms with Crippen molar-refractivity contribution in [2.75, 3.05) is 25.5 Å². The number of amides is 4. The lowest BCUT2D eigenvalue weighted by molar-refractivity contribution is -0.153. The average Bonchev–Trinajstić information content (AvgIpc) is 2.93. The van der Waals surface area contributed by atoms with E-state index in [0.29, 0.717) is 16.5 Å². The number of urea groups is 1. The summed E-state index contributed by atoms with van der Waals surface area (Å²) in [7, 11) is 1.48. The minimum absolute atomic E-state index is 0.0248. The summed E-state index contributed by atoms with van der Waals surface area (Å²) < 4.78 is 10.1. The SMILES string of the molecule is COc1ccc(NC(=O)[C@H](C)OC(=O)CCCN2C(=O)CNC2=O)cc1Cl. The third-order valence-corrected chi connectivity index (χ3v) is 4.09. The average molecular weight is 398 g/mol. The van der Waals surface area contributed by atoms with E-state index in [1.165, 1.54) is 20.1 Å². The van der Waals surface area contributed by atoms with Gasteiger partial charge in [0, 0.05) is 18.7 Å².